The fraction of sp³-hybridized carbons (Fsp3) is 0.545. The predicted molar refractivity (Wildman–Crippen MR) is 131 cm³/mol. The smallest absolute Gasteiger partial charge is 0.212 e. The lowest BCUT2D eigenvalue weighted by Gasteiger charge is -2.29. The van der Waals surface area contributed by atoms with Gasteiger partial charge in [0.1, 0.15) is 22.3 Å². The van der Waals surface area contributed by atoms with E-state index < -0.39 is 33.0 Å². The Hall–Kier alpha value is -2.15. The minimum absolute atomic E-state index is 0.0219. The number of anilines is 2. The number of sulfonamides is 1. The number of ketones is 1. The quantitative estimate of drug-likeness (QED) is 0.358. The zero-order chi connectivity index (χ0) is 25.0. The summed E-state index contributed by atoms with van der Waals surface area (Å²) in [5.74, 6) is -2.69. The van der Waals surface area contributed by atoms with E-state index in [0.717, 1.165) is 23.5 Å². The molecule has 2 aromatic rings. The molecule has 188 valence electrons. The summed E-state index contributed by atoms with van der Waals surface area (Å²) < 4.78 is 56.1. The van der Waals surface area contributed by atoms with Crippen LogP contribution in [0, 0.1) is 17.6 Å². The number of carbonyl (C=O) groups excluding carboxylic acids is 1. The van der Waals surface area contributed by atoms with Crippen molar-refractivity contribution in [2.75, 3.05) is 23.9 Å². The molecule has 1 heterocycles. The van der Waals surface area contributed by atoms with Crippen molar-refractivity contribution in [2.24, 2.45) is 5.92 Å². The van der Waals surface area contributed by atoms with E-state index in [4.69, 9.17) is 5.73 Å². The van der Waals surface area contributed by atoms with Gasteiger partial charge in [0.05, 0.1) is 11.3 Å². The molecule has 0 atom stereocenters. The molecular formula is C22H31F2N5O3S2. The Morgan fingerprint density at radius 3 is 2.32 bits per heavy atom. The van der Waals surface area contributed by atoms with E-state index in [1.54, 1.807) is 7.05 Å². The normalized spacial score (nSPS) is 18.9. The molecule has 34 heavy (non-hydrogen) atoms. The SMILES string of the molecule is CNCc1cc(F)c(C(=O)c2sc(N[C@H]3CC[C@H](NS(=O)(=O)CC(C)C)CC3)nc2N)c(F)c1. The average molecular weight is 516 g/mol. The van der Waals surface area contributed by atoms with E-state index in [-0.39, 0.29) is 41.0 Å². The summed E-state index contributed by atoms with van der Waals surface area (Å²) in [6.45, 7) is 3.99. The van der Waals surface area contributed by atoms with Gasteiger partial charge < -0.3 is 16.4 Å². The van der Waals surface area contributed by atoms with E-state index in [2.05, 4.69) is 20.3 Å². The number of nitrogen functional groups attached to an aromatic ring is 1. The molecule has 0 radical (unpaired) electrons. The third-order valence-electron chi connectivity index (χ3n) is 5.52. The highest BCUT2D eigenvalue weighted by molar-refractivity contribution is 7.89. The van der Waals surface area contributed by atoms with Crippen LogP contribution in [-0.2, 0) is 16.6 Å². The number of nitrogens with two attached hydrogens (primary N) is 1. The molecule has 0 saturated heterocycles. The van der Waals surface area contributed by atoms with Crippen molar-refractivity contribution in [3.63, 3.8) is 0 Å². The van der Waals surface area contributed by atoms with Crippen LogP contribution in [0.4, 0.5) is 19.7 Å². The van der Waals surface area contributed by atoms with Gasteiger partial charge in [0.2, 0.25) is 15.8 Å². The van der Waals surface area contributed by atoms with Crippen LogP contribution in [0.5, 0.6) is 0 Å². The van der Waals surface area contributed by atoms with Crippen molar-refractivity contribution < 1.29 is 22.0 Å². The van der Waals surface area contributed by atoms with Gasteiger partial charge in [0.15, 0.2) is 5.13 Å². The predicted octanol–water partition coefficient (Wildman–Crippen LogP) is 3.25. The lowest BCUT2D eigenvalue weighted by Crippen LogP contribution is -2.41. The molecular weight excluding hydrogens is 484 g/mol. The van der Waals surface area contributed by atoms with Gasteiger partial charge in [0, 0.05) is 18.6 Å². The first-order valence-electron chi connectivity index (χ1n) is 11.2. The van der Waals surface area contributed by atoms with E-state index in [0.29, 0.717) is 36.4 Å². The molecule has 1 saturated carbocycles. The van der Waals surface area contributed by atoms with Gasteiger partial charge in [-0.25, -0.2) is 26.9 Å². The minimum Gasteiger partial charge on any atom is -0.382 e. The van der Waals surface area contributed by atoms with Gasteiger partial charge in [-0.05, 0) is 56.3 Å². The van der Waals surface area contributed by atoms with Crippen LogP contribution in [-0.4, -0.2) is 44.1 Å². The topological polar surface area (TPSA) is 126 Å². The fourth-order valence-electron chi connectivity index (χ4n) is 4.09. The number of benzene rings is 1. The van der Waals surface area contributed by atoms with Crippen molar-refractivity contribution in [3.05, 3.63) is 39.8 Å². The maximum atomic E-state index is 14.5. The van der Waals surface area contributed by atoms with Gasteiger partial charge in [-0.2, -0.15) is 0 Å². The summed E-state index contributed by atoms with van der Waals surface area (Å²) in [5, 5.41) is 6.41. The number of thiazole rings is 1. The van der Waals surface area contributed by atoms with Crippen LogP contribution in [0.1, 0.15) is 60.3 Å². The van der Waals surface area contributed by atoms with Crippen LogP contribution in [0.2, 0.25) is 0 Å². The number of aromatic nitrogens is 1. The number of halogens is 2. The van der Waals surface area contributed by atoms with Crippen LogP contribution < -0.4 is 21.1 Å². The van der Waals surface area contributed by atoms with E-state index >= 15 is 0 Å². The Labute approximate surface area is 202 Å². The Balaban J connectivity index is 1.64. The standard InChI is InChI=1S/C22H31F2N5O3S2/c1-12(2)11-34(31,32)29-15-6-4-14(5-7-15)27-22-28-21(25)20(33-22)19(30)18-16(23)8-13(10-26-3)9-17(18)24/h8-9,12,14-15,26,29H,4-7,10-11,25H2,1-3H3,(H,27,28)/t14-,15-. The maximum absolute atomic E-state index is 14.5. The molecule has 0 amide bonds. The molecule has 1 fully saturated rings. The summed E-state index contributed by atoms with van der Waals surface area (Å²) in [7, 11) is -1.66. The molecule has 0 bridgehead atoms. The second-order valence-corrected chi connectivity index (χ2v) is 11.8. The lowest BCUT2D eigenvalue weighted by atomic mass is 9.92. The molecule has 0 unspecified atom stereocenters. The number of carbonyl (C=O) groups is 1. The van der Waals surface area contributed by atoms with E-state index in [1.807, 2.05) is 13.8 Å². The van der Waals surface area contributed by atoms with Gasteiger partial charge in [-0.15, -0.1) is 0 Å². The highest BCUT2D eigenvalue weighted by atomic mass is 32.2. The van der Waals surface area contributed by atoms with Crippen molar-refractivity contribution in [3.8, 4) is 0 Å². The maximum Gasteiger partial charge on any atom is 0.212 e. The van der Waals surface area contributed by atoms with Gasteiger partial charge >= 0.3 is 0 Å². The monoisotopic (exact) mass is 515 g/mol. The molecule has 8 nitrogen and oxygen atoms in total. The number of hydrogen-bond acceptors (Lipinski definition) is 8. The summed E-state index contributed by atoms with van der Waals surface area (Å²) in [6, 6.07) is 2.15. The lowest BCUT2D eigenvalue weighted by molar-refractivity contribution is 0.103. The third-order valence-corrected chi connectivity index (χ3v) is 8.32. The minimum atomic E-state index is -3.31. The molecule has 1 aromatic heterocycles. The van der Waals surface area contributed by atoms with Crippen molar-refractivity contribution in [2.45, 2.75) is 58.2 Å². The molecule has 1 aromatic carbocycles. The van der Waals surface area contributed by atoms with Gasteiger partial charge in [0.25, 0.3) is 0 Å². The summed E-state index contributed by atoms with van der Waals surface area (Å²) in [6.07, 6.45) is 2.73. The average Bonchev–Trinajstić information content (AvgIpc) is 3.08. The Bertz CT molecular complexity index is 1110. The second-order valence-electron chi connectivity index (χ2n) is 9.01. The van der Waals surface area contributed by atoms with Crippen LogP contribution in [0.3, 0.4) is 0 Å². The summed E-state index contributed by atoms with van der Waals surface area (Å²) in [5.41, 5.74) is 5.63. The highest BCUT2D eigenvalue weighted by Crippen LogP contribution is 2.31. The fourth-order valence-corrected chi connectivity index (χ4v) is 6.72. The van der Waals surface area contributed by atoms with E-state index in [9.17, 15) is 22.0 Å². The zero-order valence-corrected chi connectivity index (χ0v) is 21.1. The largest absolute Gasteiger partial charge is 0.382 e. The number of nitrogens with one attached hydrogen (secondary N) is 3. The molecule has 3 rings (SSSR count). The Morgan fingerprint density at radius 1 is 1.18 bits per heavy atom. The third kappa shape index (κ3) is 6.71. The number of hydrogen-bond donors (Lipinski definition) is 4. The first-order chi connectivity index (χ1) is 16.0. The van der Waals surface area contributed by atoms with Gasteiger partial charge in [-0.1, -0.05) is 25.2 Å². The highest BCUT2D eigenvalue weighted by Gasteiger charge is 2.28. The molecule has 0 spiro atoms. The molecule has 12 heteroatoms. The first-order valence-corrected chi connectivity index (χ1v) is 13.7. The number of rotatable bonds is 10. The molecule has 1 aliphatic carbocycles. The molecule has 0 aliphatic heterocycles. The van der Waals surface area contributed by atoms with Crippen LogP contribution >= 0.6 is 11.3 Å². The van der Waals surface area contributed by atoms with Crippen molar-refractivity contribution in [1.29, 1.82) is 0 Å². The summed E-state index contributed by atoms with van der Waals surface area (Å²) in [4.78, 5) is 17.0. The van der Waals surface area contributed by atoms with Crippen LogP contribution in [0.25, 0.3) is 0 Å². The van der Waals surface area contributed by atoms with Crippen molar-refractivity contribution in [1.82, 2.24) is 15.0 Å². The first kappa shape index (κ1) is 26.5. The van der Waals surface area contributed by atoms with Crippen LogP contribution in [0.15, 0.2) is 12.1 Å². The molecule has 5 N–H and O–H groups in total. The number of nitrogens with zero attached hydrogens (tertiary/aromatic N) is 1. The molecule has 1 aliphatic rings. The van der Waals surface area contributed by atoms with Gasteiger partial charge in [-0.3, -0.25) is 4.79 Å². The van der Waals surface area contributed by atoms with E-state index in [1.165, 1.54) is 0 Å². The Morgan fingerprint density at radius 2 is 1.76 bits per heavy atom. The van der Waals surface area contributed by atoms with Crippen molar-refractivity contribution >= 4 is 38.1 Å². The summed E-state index contributed by atoms with van der Waals surface area (Å²) >= 11 is 0.952. The zero-order valence-electron chi connectivity index (χ0n) is 19.5. The Kier molecular flexibility index (Phi) is 8.61. The second kappa shape index (κ2) is 11.1.